The molecule has 0 bridgehead atoms. The fourth-order valence-corrected chi connectivity index (χ4v) is 4.98. The first-order valence-electron chi connectivity index (χ1n) is 6.62. The van der Waals surface area contributed by atoms with E-state index in [4.69, 9.17) is 0 Å². The number of unbranched alkanes of at least 4 members (excludes halogenated alkanes) is 3. The van der Waals surface area contributed by atoms with Gasteiger partial charge in [-0.25, -0.2) is 0 Å². The molecule has 88 valence electrons. The van der Waals surface area contributed by atoms with Crippen LogP contribution in [0.15, 0.2) is 30.3 Å². The molecule has 1 fully saturated rings. The molecule has 0 aliphatic heterocycles. The summed E-state index contributed by atoms with van der Waals surface area (Å²) in [5.41, 5.74) is 0. The molecule has 1 aromatic rings. The van der Waals surface area contributed by atoms with E-state index in [0.717, 1.165) is 25.7 Å². The van der Waals surface area contributed by atoms with Gasteiger partial charge in [0.1, 0.15) is 0 Å². The number of hydrogen-bond acceptors (Lipinski definition) is 0. The fourth-order valence-electron chi connectivity index (χ4n) is 2.18. The normalized spacial score (nSPS) is 23.3. The zero-order chi connectivity index (χ0) is 11.2. The Morgan fingerprint density at radius 3 is 2.69 bits per heavy atom. The molecule has 2 rings (SSSR count). The molecule has 0 radical (unpaired) electrons. The van der Waals surface area contributed by atoms with E-state index in [2.05, 4.69) is 37.3 Å². The monoisotopic (exact) mass is 282 g/mol. The van der Waals surface area contributed by atoms with E-state index in [0.29, 0.717) is 0 Å². The summed E-state index contributed by atoms with van der Waals surface area (Å²) in [4.78, 5) is 1.07. The third-order valence-corrected chi connectivity index (χ3v) is 6.31. The average Bonchev–Trinajstić information content (AvgIpc) is 3.04. The summed E-state index contributed by atoms with van der Waals surface area (Å²) in [5, 5.41) is 0. The van der Waals surface area contributed by atoms with Gasteiger partial charge in [-0.1, -0.05) is 0 Å². The summed E-state index contributed by atoms with van der Waals surface area (Å²) >= 11 is 0.747. The Labute approximate surface area is 106 Å². The maximum atomic E-state index is 2.30. The molecule has 2 atom stereocenters. The third-order valence-electron chi connectivity index (χ3n) is 3.32. The first-order chi connectivity index (χ1) is 7.90. The molecule has 2 unspecified atom stereocenters. The molecule has 1 heteroatoms. The summed E-state index contributed by atoms with van der Waals surface area (Å²) < 4.78 is 1.59. The molecule has 0 saturated heterocycles. The van der Waals surface area contributed by atoms with Gasteiger partial charge in [-0.15, -0.1) is 0 Å². The first kappa shape index (κ1) is 12.2. The predicted molar refractivity (Wildman–Crippen MR) is 72.4 cm³/mol. The molecule has 0 heterocycles. The Hall–Kier alpha value is -0.261. The van der Waals surface area contributed by atoms with E-state index in [9.17, 15) is 0 Å². The summed E-state index contributed by atoms with van der Waals surface area (Å²) in [6.45, 7) is 2.29. The Bertz CT molecular complexity index is 294. The molecular weight excluding hydrogens is 259 g/mol. The average molecular weight is 281 g/mol. The van der Waals surface area contributed by atoms with E-state index >= 15 is 0 Å². The van der Waals surface area contributed by atoms with Crippen LogP contribution in [0.25, 0.3) is 0 Å². The van der Waals surface area contributed by atoms with Gasteiger partial charge in [-0.05, 0) is 0 Å². The van der Waals surface area contributed by atoms with Crippen LogP contribution < -0.4 is 4.46 Å². The second kappa shape index (κ2) is 6.47. The van der Waals surface area contributed by atoms with Crippen molar-refractivity contribution in [3.05, 3.63) is 30.3 Å². The summed E-state index contributed by atoms with van der Waals surface area (Å²) in [5.74, 6) is 1.08. The van der Waals surface area contributed by atoms with Crippen molar-refractivity contribution in [2.45, 2.75) is 50.3 Å². The van der Waals surface area contributed by atoms with Gasteiger partial charge in [-0.3, -0.25) is 0 Å². The van der Waals surface area contributed by atoms with Crippen LogP contribution in [0.2, 0.25) is 4.82 Å². The topological polar surface area (TPSA) is 0 Å². The van der Waals surface area contributed by atoms with E-state index in [-0.39, 0.29) is 0 Å². The molecule has 0 N–H and O–H groups in total. The van der Waals surface area contributed by atoms with Crippen LogP contribution in [0.5, 0.6) is 0 Å². The number of rotatable bonds is 7. The van der Waals surface area contributed by atoms with Crippen LogP contribution in [-0.2, 0) is 0 Å². The van der Waals surface area contributed by atoms with Crippen molar-refractivity contribution >= 4 is 19.4 Å². The van der Waals surface area contributed by atoms with Crippen LogP contribution in [-0.4, -0.2) is 15.0 Å². The maximum absolute atomic E-state index is 2.30. The standard InChI is InChI=1S/C15H22Se/c1-2-3-4-6-9-13-12-15(13)16-14-10-7-5-8-11-14/h5,7-8,10-11,13,15H,2-4,6,9,12H2,1H3. The van der Waals surface area contributed by atoms with E-state index in [1.54, 1.807) is 4.46 Å². The van der Waals surface area contributed by atoms with Gasteiger partial charge in [-0.2, -0.15) is 0 Å². The molecule has 0 spiro atoms. The fraction of sp³-hybridized carbons (Fsp3) is 0.600. The second-order valence-corrected chi connectivity index (χ2v) is 7.57. The third kappa shape index (κ3) is 3.96. The molecular formula is C15H22Se. The van der Waals surface area contributed by atoms with Gasteiger partial charge in [0.05, 0.1) is 0 Å². The summed E-state index contributed by atoms with van der Waals surface area (Å²) in [6, 6.07) is 11.1. The number of benzene rings is 1. The zero-order valence-electron chi connectivity index (χ0n) is 10.2. The molecule has 1 aliphatic rings. The SMILES string of the molecule is CCCCCCC1CC1[Se]c1ccccc1. The van der Waals surface area contributed by atoms with Crippen LogP contribution in [0.3, 0.4) is 0 Å². The van der Waals surface area contributed by atoms with Crippen molar-refractivity contribution in [2.24, 2.45) is 5.92 Å². The Morgan fingerprint density at radius 2 is 1.94 bits per heavy atom. The zero-order valence-corrected chi connectivity index (χ0v) is 11.9. The van der Waals surface area contributed by atoms with Crippen LogP contribution >= 0.6 is 0 Å². The summed E-state index contributed by atoms with van der Waals surface area (Å²) in [7, 11) is 0. The van der Waals surface area contributed by atoms with Crippen molar-refractivity contribution in [2.75, 3.05) is 0 Å². The molecule has 1 aliphatic carbocycles. The van der Waals surface area contributed by atoms with Crippen molar-refractivity contribution in [3.8, 4) is 0 Å². The van der Waals surface area contributed by atoms with Crippen molar-refractivity contribution in [1.29, 1.82) is 0 Å². The molecule has 0 nitrogen and oxygen atoms in total. The molecule has 16 heavy (non-hydrogen) atoms. The van der Waals surface area contributed by atoms with E-state index < -0.39 is 0 Å². The number of hydrogen-bond donors (Lipinski definition) is 0. The first-order valence-corrected chi connectivity index (χ1v) is 8.46. The molecule has 0 aromatic heterocycles. The minimum atomic E-state index is 0.747. The van der Waals surface area contributed by atoms with Gasteiger partial charge in [0.2, 0.25) is 0 Å². The quantitative estimate of drug-likeness (QED) is 0.527. The van der Waals surface area contributed by atoms with Gasteiger partial charge in [0, 0.05) is 0 Å². The van der Waals surface area contributed by atoms with Crippen molar-refractivity contribution < 1.29 is 0 Å². The second-order valence-electron chi connectivity index (χ2n) is 4.81. The Balaban J connectivity index is 1.61. The van der Waals surface area contributed by atoms with E-state index in [1.807, 2.05) is 0 Å². The minimum absolute atomic E-state index is 0.747. The summed E-state index contributed by atoms with van der Waals surface area (Å²) in [6.07, 6.45) is 8.74. The predicted octanol–water partition coefficient (Wildman–Crippen LogP) is 3.79. The molecule has 1 saturated carbocycles. The van der Waals surface area contributed by atoms with Crippen LogP contribution in [0, 0.1) is 5.92 Å². The Morgan fingerprint density at radius 1 is 1.12 bits per heavy atom. The van der Waals surface area contributed by atoms with Crippen LogP contribution in [0.4, 0.5) is 0 Å². The van der Waals surface area contributed by atoms with Gasteiger partial charge < -0.3 is 0 Å². The van der Waals surface area contributed by atoms with Crippen LogP contribution in [0.1, 0.15) is 45.4 Å². The molecule has 0 amide bonds. The van der Waals surface area contributed by atoms with Gasteiger partial charge >= 0.3 is 106 Å². The van der Waals surface area contributed by atoms with Gasteiger partial charge in [0.25, 0.3) is 0 Å². The Kier molecular flexibility index (Phi) is 4.93. The van der Waals surface area contributed by atoms with E-state index in [1.165, 1.54) is 38.5 Å². The van der Waals surface area contributed by atoms with Crippen molar-refractivity contribution in [3.63, 3.8) is 0 Å². The van der Waals surface area contributed by atoms with Gasteiger partial charge in [0.15, 0.2) is 0 Å². The van der Waals surface area contributed by atoms with Crippen molar-refractivity contribution in [1.82, 2.24) is 0 Å². The molecule has 1 aromatic carbocycles.